The number of piperazine rings is 1. The molecule has 2 aromatic rings. The first-order valence-electron chi connectivity index (χ1n) is 9.48. The molecule has 1 amide bonds. The van der Waals surface area contributed by atoms with E-state index in [1.165, 1.54) is 0 Å². The van der Waals surface area contributed by atoms with E-state index in [-0.39, 0.29) is 5.91 Å². The first kappa shape index (κ1) is 20.2. The van der Waals surface area contributed by atoms with Crippen LogP contribution in [0.25, 0.3) is 0 Å². The van der Waals surface area contributed by atoms with Gasteiger partial charge in [-0.15, -0.1) is 0 Å². The summed E-state index contributed by atoms with van der Waals surface area (Å²) in [5.41, 5.74) is 1.97. The predicted molar refractivity (Wildman–Crippen MR) is 113 cm³/mol. The molecule has 150 valence electrons. The van der Waals surface area contributed by atoms with Gasteiger partial charge in [-0.2, -0.15) is 0 Å². The summed E-state index contributed by atoms with van der Waals surface area (Å²) < 4.78 is 0. The van der Waals surface area contributed by atoms with Crippen LogP contribution in [0.3, 0.4) is 0 Å². The van der Waals surface area contributed by atoms with Crippen molar-refractivity contribution in [3.63, 3.8) is 0 Å². The lowest BCUT2D eigenvalue weighted by atomic mass is 10.2. The van der Waals surface area contributed by atoms with Gasteiger partial charge >= 0.3 is 0 Å². The second kappa shape index (κ2) is 10.1. The van der Waals surface area contributed by atoms with E-state index in [4.69, 9.17) is 0 Å². The molecule has 0 radical (unpaired) electrons. The zero-order chi connectivity index (χ0) is 20.5. The van der Waals surface area contributed by atoms with Gasteiger partial charge in [0.2, 0.25) is 0 Å². The van der Waals surface area contributed by atoms with Gasteiger partial charge < -0.3 is 20.9 Å². The van der Waals surface area contributed by atoms with E-state index in [1.807, 2.05) is 19.1 Å². The summed E-state index contributed by atoms with van der Waals surface area (Å²) in [6.07, 6.45) is 10.3. The molecule has 1 aliphatic heterocycles. The molecule has 0 aromatic carbocycles. The fraction of sp³-hybridized carbons (Fsp3) is 0.238. The van der Waals surface area contributed by atoms with Gasteiger partial charge in [-0.25, -0.2) is 9.97 Å². The predicted octanol–water partition coefficient (Wildman–Crippen LogP) is 2.22. The SMILES string of the molecule is C=C/C=C(\C(=C/C)NC(=O)c1cccc(Nc2cnccn2)n1)N1CCNCC1. The lowest BCUT2D eigenvalue weighted by molar-refractivity contribution is 0.0960. The number of nitrogens with zero attached hydrogens (tertiary/aromatic N) is 4. The Bertz CT molecular complexity index is 902. The van der Waals surface area contributed by atoms with Crippen LogP contribution in [-0.4, -0.2) is 51.9 Å². The summed E-state index contributed by atoms with van der Waals surface area (Å²) >= 11 is 0. The third-order valence-corrected chi connectivity index (χ3v) is 4.35. The minimum absolute atomic E-state index is 0.286. The maximum Gasteiger partial charge on any atom is 0.274 e. The maximum absolute atomic E-state index is 12.9. The summed E-state index contributed by atoms with van der Waals surface area (Å²) in [5.74, 6) is 0.789. The van der Waals surface area contributed by atoms with E-state index in [0.717, 1.165) is 37.6 Å². The van der Waals surface area contributed by atoms with Crippen LogP contribution in [0, 0.1) is 0 Å². The average molecular weight is 391 g/mol. The molecule has 1 fully saturated rings. The van der Waals surface area contributed by atoms with Crippen molar-refractivity contribution in [3.05, 3.63) is 78.7 Å². The second-order valence-corrected chi connectivity index (χ2v) is 6.30. The van der Waals surface area contributed by atoms with E-state index in [9.17, 15) is 4.79 Å². The zero-order valence-electron chi connectivity index (χ0n) is 16.4. The number of pyridine rings is 1. The van der Waals surface area contributed by atoms with Crippen molar-refractivity contribution in [3.8, 4) is 0 Å². The monoisotopic (exact) mass is 391 g/mol. The highest BCUT2D eigenvalue weighted by molar-refractivity contribution is 5.94. The Labute approximate surface area is 170 Å². The first-order valence-corrected chi connectivity index (χ1v) is 9.48. The van der Waals surface area contributed by atoms with Gasteiger partial charge in [-0.3, -0.25) is 9.78 Å². The van der Waals surface area contributed by atoms with Crippen LogP contribution in [0.4, 0.5) is 11.6 Å². The third kappa shape index (κ3) is 5.49. The number of amides is 1. The standard InChI is InChI=1S/C21H25N7O/c1-3-6-18(28-13-11-22-12-14-28)16(4-2)26-21(29)17-7-5-8-19(25-17)27-20-15-23-9-10-24-20/h3-10,15,22H,1,11-14H2,2H3,(H,26,29)(H,24,25,27)/b16-4+,18-6+. The van der Waals surface area contributed by atoms with Gasteiger partial charge in [0.25, 0.3) is 5.91 Å². The van der Waals surface area contributed by atoms with Crippen LogP contribution < -0.4 is 16.0 Å². The van der Waals surface area contributed by atoms with E-state index in [0.29, 0.717) is 17.3 Å². The maximum atomic E-state index is 12.9. The smallest absolute Gasteiger partial charge is 0.274 e. The van der Waals surface area contributed by atoms with Gasteiger partial charge in [0.05, 0.1) is 17.6 Å². The van der Waals surface area contributed by atoms with E-state index >= 15 is 0 Å². The molecule has 2 aromatic heterocycles. The van der Waals surface area contributed by atoms with Crippen LogP contribution in [0.15, 0.2) is 73.0 Å². The zero-order valence-corrected chi connectivity index (χ0v) is 16.4. The molecule has 1 saturated heterocycles. The Hall–Kier alpha value is -3.52. The molecule has 3 rings (SSSR count). The number of aromatic nitrogens is 3. The first-order chi connectivity index (χ1) is 14.2. The van der Waals surface area contributed by atoms with Gasteiger partial charge in [-0.1, -0.05) is 24.8 Å². The molecule has 0 atom stereocenters. The van der Waals surface area contributed by atoms with Crippen molar-refractivity contribution in [1.29, 1.82) is 0 Å². The number of hydrogen-bond donors (Lipinski definition) is 3. The molecule has 29 heavy (non-hydrogen) atoms. The Morgan fingerprint density at radius 1 is 1.24 bits per heavy atom. The Balaban J connectivity index is 1.74. The Morgan fingerprint density at radius 3 is 2.76 bits per heavy atom. The summed E-state index contributed by atoms with van der Waals surface area (Å²) in [6.45, 7) is 9.23. The molecule has 3 heterocycles. The molecule has 0 aliphatic carbocycles. The largest absolute Gasteiger partial charge is 0.367 e. The summed E-state index contributed by atoms with van der Waals surface area (Å²) in [5, 5.41) is 9.36. The lowest BCUT2D eigenvalue weighted by Crippen LogP contribution is -2.44. The second-order valence-electron chi connectivity index (χ2n) is 6.30. The molecular formula is C21H25N7O. The number of carbonyl (C=O) groups excluding carboxylic acids is 1. The number of nitrogens with one attached hydrogen (secondary N) is 3. The lowest BCUT2D eigenvalue weighted by Gasteiger charge is -2.32. The molecule has 0 unspecified atom stereocenters. The van der Waals surface area contributed by atoms with Crippen molar-refractivity contribution < 1.29 is 4.79 Å². The van der Waals surface area contributed by atoms with Crippen molar-refractivity contribution >= 4 is 17.5 Å². The van der Waals surface area contributed by atoms with Crippen molar-refractivity contribution in [2.24, 2.45) is 0 Å². The van der Waals surface area contributed by atoms with Gasteiger partial charge in [0, 0.05) is 38.6 Å². The fourth-order valence-corrected chi connectivity index (χ4v) is 2.98. The highest BCUT2D eigenvalue weighted by atomic mass is 16.1. The van der Waals surface area contributed by atoms with Gasteiger partial charge in [-0.05, 0) is 25.1 Å². The van der Waals surface area contributed by atoms with Gasteiger partial charge in [0.15, 0.2) is 0 Å². The molecular weight excluding hydrogens is 366 g/mol. The number of carbonyl (C=O) groups is 1. The van der Waals surface area contributed by atoms with E-state index in [2.05, 4.69) is 42.4 Å². The molecule has 0 bridgehead atoms. The van der Waals surface area contributed by atoms with Crippen LogP contribution in [0.2, 0.25) is 0 Å². The van der Waals surface area contributed by atoms with Crippen LogP contribution in [-0.2, 0) is 0 Å². The highest BCUT2D eigenvalue weighted by Gasteiger charge is 2.18. The summed E-state index contributed by atoms with van der Waals surface area (Å²) in [6, 6.07) is 5.21. The van der Waals surface area contributed by atoms with Crippen molar-refractivity contribution in [2.45, 2.75) is 6.92 Å². The molecule has 1 aliphatic rings. The summed E-state index contributed by atoms with van der Waals surface area (Å²) in [4.78, 5) is 27.6. The molecule has 3 N–H and O–H groups in total. The average Bonchev–Trinajstić information content (AvgIpc) is 2.77. The van der Waals surface area contributed by atoms with Crippen LogP contribution in [0.1, 0.15) is 17.4 Å². The number of allylic oxidation sites excluding steroid dienone is 3. The Morgan fingerprint density at radius 2 is 2.07 bits per heavy atom. The third-order valence-electron chi connectivity index (χ3n) is 4.35. The molecule has 8 nitrogen and oxygen atoms in total. The Kier molecular flexibility index (Phi) is 7.07. The normalized spacial score (nSPS) is 15.0. The highest BCUT2D eigenvalue weighted by Crippen LogP contribution is 2.16. The minimum atomic E-state index is -0.286. The van der Waals surface area contributed by atoms with E-state index < -0.39 is 0 Å². The minimum Gasteiger partial charge on any atom is -0.367 e. The molecule has 0 saturated carbocycles. The fourth-order valence-electron chi connectivity index (χ4n) is 2.98. The van der Waals surface area contributed by atoms with Crippen LogP contribution in [0.5, 0.6) is 0 Å². The number of anilines is 2. The molecule has 0 spiro atoms. The van der Waals surface area contributed by atoms with Crippen molar-refractivity contribution in [1.82, 2.24) is 30.5 Å². The number of hydrogen-bond acceptors (Lipinski definition) is 7. The number of rotatable bonds is 7. The summed E-state index contributed by atoms with van der Waals surface area (Å²) in [7, 11) is 0. The topological polar surface area (TPSA) is 95.1 Å². The quantitative estimate of drug-likeness (QED) is 0.623. The van der Waals surface area contributed by atoms with Crippen molar-refractivity contribution in [2.75, 3.05) is 31.5 Å². The molecule has 8 heteroatoms. The van der Waals surface area contributed by atoms with Crippen LogP contribution >= 0.6 is 0 Å². The van der Waals surface area contributed by atoms with E-state index in [1.54, 1.807) is 42.9 Å². The van der Waals surface area contributed by atoms with Gasteiger partial charge in [0.1, 0.15) is 17.3 Å².